The first-order valence-electron chi connectivity index (χ1n) is 7.29. The van der Waals surface area contributed by atoms with Gasteiger partial charge in [-0.05, 0) is 24.0 Å². The van der Waals surface area contributed by atoms with Crippen molar-refractivity contribution >= 4 is 15.9 Å². The fourth-order valence-corrected chi connectivity index (χ4v) is 3.25. The van der Waals surface area contributed by atoms with Crippen molar-refractivity contribution in [1.29, 1.82) is 0 Å². The van der Waals surface area contributed by atoms with Crippen LogP contribution in [0.2, 0.25) is 0 Å². The average molecular weight is 326 g/mol. The van der Waals surface area contributed by atoms with E-state index in [9.17, 15) is 13.2 Å². The van der Waals surface area contributed by atoms with Crippen LogP contribution in [0.5, 0.6) is 0 Å². The van der Waals surface area contributed by atoms with Crippen molar-refractivity contribution in [2.45, 2.75) is 26.8 Å². The molecule has 0 saturated carbocycles. The number of hydrogen-bond donors (Lipinski definition) is 0. The maximum Gasteiger partial charge on any atom is 0.239 e. The highest BCUT2D eigenvalue weighted by molar-refractivity contribution is 7.89. The van der Waals surface area contributed by atoms with E-state index in [1.165, 1.54) is 14.1 Å². The van der Waals surface area contributed by atoms with Crippen molar-refractivity contribution in [3.05, 3.63) is 35.4 Å². The third-order valence-corrected chi connectivity index (χ3v) is 5.54. The van der Waals surface area contributed by atoms with Gasteiger partial charge < -0.3 is 4.90 Å². The SMILES string of the molecule is Cc1ccccc1C(C(C)C)N(C)C(=O)CS(=O)(=O)N(C)C. The molecule has 1 rings (SSSR count). The molecule has 1 aromatic carbocycles. The molecule has 0 aliphatic heterocycles. The third-order valence-electron chi connectivity index (χ3n) is 3.81. The van der Waals surface area contributed by atoms with E-state index in [1.54, 1.807) is 11.9 Å². The Hall–Kier alpha value is -1.40. The second kappa shape index (κ2) is 7.24. The lowest BCUT2D eigenvalue weighted by Gasteiger charge is -2.33. The van der Waals surface area contributed by atoms with Gasteiger partial charge in [0.15, 0.2) is 0 Å². The molecule has 0 aliphatic carbocycles. The molecule has 124 valence electrons. The monoisotopic (exact) mass is 326 g/mol. The van der Waals surface area contributed by atoms with Crippen LogP contribution in [0, 0.1) is 12.8 Å². The predicted molar refractivity (Wildman–Crippen MR) is 89.0 cm³/mol. The van der Waals surface area contributed by atoms with E-state index >= 15 is 0 Å². The summed E-state index contributed by atoms with van der Waals surface area (Å²) in [6.07, 6.45) is 0. The van der Waals surface area contributed by atoms with Gasteiger partial charge in [0.2, 0.25) is 15.9 Å². The van der Waals surface area contributed by atoms with Crippen LogP contribution in [0.15, 0.2) is 24.3 Å². The zero-order valence-electron chi connectivity index (χ0n) is 14.2. The summed E-state index contributed by atoms with van der Waals surface area (Å²) < 4.78 is 24.9. The van der Waals surface area contributed by atoms with Crippen molar-refractivity contribution < 1.29 is 13.2 Å². The number of carbonyl (C=O) groups is 1. The highest BCUT2D eigenvalue weighted by atomic mass is 32.2. The number of benzene rings is 1. The summed E-state index contributed by atoms with van der Waals surface area (Å²) in [4.78, 5) is 14.0. The largest absolute Gasteiger partial charge is 0.338 e. The first-order valence-corrected chi connectivity index (χ1v) is 8.90. The minimum atomic E-state index is -3.55. The number of carbonyl (C=O) groups excluding carboxylic acids is 1. The van der Waals surface area contributed by atoms with Crippen LogP contribution in [0.25, 0.3) is 0 Å². The molecule has 0 heterocycles. The van der Waals surface area contributed by atoms with E-state index in [1.807, 2.05) is 45.0 Å². The number of nitrogens with zero attached hydrogens (tertiary/aromatic N) is 2. The lowest BCUT2D eigenvalue weighted by Crippen LogP contribution is -2.40. The van der Waals surface area contributed by atoms with Crippen LogP contribution in [-0.4, -0.2) is 50.4 Å². The number of aryl methyl sites for hydroxylation is 1. The molecule has 0 N–H and O–H groups in total. The molecule has 0 radical (unpaired) electrons. The number of rotatable bonds is 6. The molecular weight excluding hydrogens is 300 g/mol. The molecule has 0 aromatic heterocycles. The molecule has 1 unspecified atom stereocenters. The standard InChI is InChI=1S/C16H26N2O3S/c1-12(2)16(14-10-8-7-9-13(14)3)18(6)15(19)11-22(20,21)17(4)5/h7-10,12,16H,11H2,1-6H3. The second-order valence-corrected chi connectivity index (χ2v) is 8.27. The highest BCUT2D eigenvalue weighted by Crippen LogP contribution is 2.30. The summed E-state index contributed by atoms with van der Waals surface area (Å²) in [7, 11) is 0.988. The fourth-order valence-electron chi connectivity index (χ4n) is 2.48. The number of sulfonamides is 1. The highest BCUT2D eigenvalue weighted by Gasteiger charge is 2.29. The summed E-state index contributed by atoms with van der Waals surface area (Å²) in [5.41, 5.74) is 2.15. The van der Waals surface area contributed by atoms with E-state index in [4.69, 9.17) is 0 Å². The molecule has 0 aliphatic rings. The maximum atomic E-state index is 12.4. The summed E-state index contributed by atoms with van der Waals surface area (Å²) in [5.74, 6) is -0.723. The van der Waals surface area contributed by atoms with Gasteiger partial charge in [0, 0.05) is 21.1 Å². The summed E-state index contributed by atoms with van der Waals surface area (Å²) in [6, 6.07) is 7.73. The fraction of sp³-hybridized carbons (Fsp3) is 0.562. The van der Waals surface area contributed by atoms with Crippen molar-refractivity contribution in [3.8, 4) is 0 Å². The van der Waals surface area contributed by atoms with Gasteiger partial charge in [-0.1, -0.05) is 38.1 Å². The number of hydrogen-bond acceptors (Lipinski definition) is 3. The molecule has 0 saturated heterocycles. The van der Waals surface area contributed by atoms with Crippen LogP contribution >= 0.6 is 0 Å². The lowest BCUT2D eigenvalue weighted by atomic mass is 9.91. The van der Waals surface area contributed by atoms with E-state index in [2.05, 4.69) is 0 Å². The van der Waals surface area contributed by atoms with Crippen LogP contribution in [0.3, 0.4) is 0 Å². The molecule has 22 heavy (non-hydrogen) atoms. The lowest BCUT2D eigenvalue weighted by molar-refractivity contribution is -0.130. The van der Waals surface area contributed by atoms with E-state index in [-0.39, 0.29) is 12.0 Å². The van der Waals surface area contributed by atoms with E-state index in [0.717, 1.165) is 15.4 Å². The van der Waals surface area contributed by atoms with E-state index in [0.29, 0.717) is 0 Å². The minimum Gasteiger partial charge on any atom is -0.338 e. The normalized spacial score (nSPS) is 13.5. The number of amides is 1. The molecule has 0 fully saturated rings. The summed E-state index contributed by atoms with van der Waals surface area (Å²) in [6.45, 7) is 6.06. The van der Waals surface area contributed by atoms with Crippen molar-refractivity contribution in [1.82, 2.24) is 9.21 Å². The Morgan fingerprint density at radius 2 is 1.68 bits per heavy atom. The van der Waals surface area contributed by atoms with Crippen LogP contribution in [0.4, 0.5) is 0 Å². The maximum absolute atomic E-state index is 12.4. The summed E-state index contributed by atoms with van der Waals surface area (Å²) in [5, 5.41) is 0. The zero-order valence-corrected chi connectivity index (χ0v) is 15.0. The molecular formula is C16H26N2O3S. The van der Waals surface area contributed by atoms with Gasteiger partial charge in [-0.2, -0.15) is 0 Å². The van der Waals surface area contributed by atoms with Gasteiger partial charge in [0.1, 0.15) is 5.75 Å². The summed E-state index contributed by atoms with van der Waals surface area (Å²) >= 11 is 0. The van der Waals surface area contributed by atoms with Crippen molar-refractivity contribution in [2.24, 2.45) is 5.92 Å². The Kier molecular flexibility index (Phi) is 6.14. The van der Waals surface area contributed by atoms with Crippen LogP contribution in [-0.2, 0) is 14.8 Å². The first-order chi connectivity index (χ1) is 10.1. The topological polar surface area (TPSA) is 57.7 Å². The van der Waals surface area contributed by atoms with Gasteiger partial charge in [0.05, 0.1) is 6.04 Å². The molecule has 1 aromatic rings. The Bertz CT molecular complexity index is 624. The quantitative estimate of drug-likeness (QED) is 0.804. The van der Waals surface area contributed by atoms with Crippen LogP contribution < -0.4 is 0 Å². The smallest absolute Gasteiger partial charge is 0.239 e. The first kappa shape index (κ1) is 18.6. The van der Waals surface area contributed by atoms with Gasteiger partial charge in [-0.25, -0.2) is 12.7 Å². The average Bonchev–Trinajstić information content (AvgIpc) is 2.40. The van der Waals surface area contributed by atoms with Crippen molar-refractivity contribution in [2.75, 3.05) is 26.9 Å². The molecule has 1 amide bonds. The Balaban J connectivity index is 3.08. The van der Waals surface area contributed by atoms with Gasteiger partial charge in [-0.3, -0.25) is 4.79 Å². The minimum absolute atomic E-state index is 0.147. The zero-order chi connectivity index (χ0) is 17.1. The molecule has 0 bridgehead atoms. The van der Waals surface area contributed by atoms with Gasteiger partial charge >= 0.3 is 0 Å². The third kappa shape index (κ3) is 4.30. The van der Waals surface area contributed by atoms with Crippen molar-refractivity contribution in [3.63, 3.8) is 0 Å². The Morgan fingerprint density at radius 3 is 2.14 bits per heavy atom. The molecule has 5 nitrogen and oxygen atoms in total. The Morgan fingerprint density at radius 1 is 1.14 bits per heavy atom. The van der Waals surface area contributed by atoms with Gasteiger partial charge in [0.25, 0.3) is 0 Å². The molecule has 0 spiro atoms. The van der Waals surface area contributed by atoms with Gasteiger partial charge in [-0.15, -0.1) is 0 Å². The van der Waals surface area contributed by atoms with E-state index < -0.39 is 21.7 Å². The van der Waals surface area contributed by atoms with Crippen LogP contribution in [0.1, 0.15) is 31.0 Å². The predicted octanol–water partition coefficient (Wildman–Crippen LogP) is 2.04. The molecule has 6 heteroatoms. The molecule has 1 atom stereocenters. The second-order valence-electron chi connectivity index (χ2n) is 6.09. The Labute approximate surface area is 134 Å².